The quantitative estimate of drug-likeness (QED) is 0.669. The zero-order valence-electron chi connectivity index (χ0n) is 16.5. The van der Waals surface area contributed by atoms with E-state index in [1.807, 2.05) is 4.90 Å². The molecule has 0 spiro atoms. The first-order chi connectivity index (χ1) is 13.9. The second-order valence-electron chi connectivity index (χ2n) is 7.64. The highest BCUT2D eigenvalue weighted by Crippen LogP contribution is 2.25. The zero-order chi connectivity index (χ0) is 20.9. The second-order valence-corrected chi connectivity index (χ2v) is 10.5. The largest absolute Gasteiger partial charge is 0.355 e. The van der Waals surface area contributed by atoms with Crippen molar-refractivity contribution in [3.05, 3.63) is 28.7 Å². The summed E-state index contributed by atoms with van der Waals surface area (Å²) in [5.41, 5.74) is 0. The molecule has 2 saturated heterocycles. The summed E-state index contributed by atoms with van der Waals surface area (Å²) < 4.78 is 28.0. The van der Waals surface area contributed by atoms with E-state index in [4.69, 9.17) is 0 Å². The Labute approximate surface area is 181 Å². The molecule has 0 bridgehead atoms. The van der Waals surface area contributed by atoms with E-state index in [0.717, 1.165) is 30.4 Å². The van der Waals surface area contributed by atoms with Crippen LogP contribution in [0.3, 0.4) is 0 Å². The van der Waals surface area contributed by atoms with Gasteiger partial charge in [-0.05, 0) is 56.4 Å². The molecule has 2 amide bonds. The maximum atomic E-state index is 12.9. The highest BCUT2D eigenvalue weighted by molar-refractivity contribution is 9.10. The average Bonchev–Trinajstić information content (AvgIpc) is 2.74. The molecule has 0 saturated carbocycles. The van der Waals surface area contributed by atoms with Crippen molar-refractivity contribution in [3.63, 3.8) is 0 Å². The highest BCUT2D eigenvalue weighted by atomic mass is 79.9. The van der Waals surface area contributed by atoms with Crippen molar-refractivity contribution in [1.82, 2.24) is 14.5 Å². The Hall–Kier alpha value is -1.45. The fourth-order valence-electron chi connectivity index (χ4n) is 3.87. The van der Waals surface area contributed by atoms with Crippen molar-refractivity contribution in [1.29, 1.82) is 0 Å². The third-order valence-electron chi connectivity index (χ3n) is 5.55. The molecule has 2 aliphatic rings. The van der Waals surface area contributed by atoms with Crippen LogP contribution in [0.5, 0.6) is 0 Å². The topological polar surface area (TPSA) is 86.8 Å². The number of hydrogen-bond acceptors (Lipinski definition) is 4. The molecule has 2 aliphatic heterocycles. The number of nitrogens with one attached hydrogen (secondary N) is 1. The van der Waals surface area contributed by atoms with Crippen LogP contribution in [-0.4, -0.2) is 62.2 Å². The summed E-state index contributed by atoms with van der Waals surface area (Å²) >= 11 is 3.31. The first kappa shape index (κ1) is 22.2. The minimum atomic E-state index is -3.62. The number of rotatable bonds is 6. The Morgan fingerprint density at radius 2 is 1.72 bits per heavy atom. The van der Waals surface area contributed by atoms with Crippen molar-refractivity contribution in [2.24, 2.45) is 5.92 Å². The molecule has 3 rings (SSSR count). The van der Waals surface area contributed by atoms with Gasteiger partial charge >= 0.3 is 0 Å². The molecule has 2 fully saturated rings. The Morgan fingerprint density at radius 1 is 1.03 bits per heavy atom. The van der Waals surface area contributed by atoms with E-state index in [0.29, 0.717) is 32.4 Å². The second kappa shape index (κ2) is 10.0. The molecular weight excluding hydrogens is 458 g/mol. The van der Waals surface area contributed by atoms with Gasteiger partial charge in [-0.25, -0.2) is 8.42 Å². The van der Waals surface area contributed by atoms with E-state index in [2.05, 4.69) is 21.2 Å². The lowest BCUT2D eigenvalue weighted by Gasteiger charge is -2.31. The van der Waals surface area contributed by atoms with Crippen LogP contribution in [0, 0.1) is 5.92 Å². The number of carbonyl (C=O) groups excluding carboxylic acids is 2. The van der Waals surface area contributed by atoms with Crippen molar-refractivity contribution in [2.45, 2.75) is 43.4 Å². The molecule has 1 N–H and O–H groups in total. The number of nitrogens with zero attached hydrogens (tertiary/aromatic N) is 2. The van der Waals surface area contributed by atoms with E-state index < -0.39 is 10.0 Å². The smallest absolute Gasteiger partial charge is 0.243 e. The number of carbonyl (C=O) groups is 2. The lowest BCUT2D eigenvalue weighted by molar-refractivity contribution is -0.132. The number of halogens is 1. The Morgan fingerprint density at radius 3 is 2.41 bits per heavy atom. The number of hydrogen-bond donors (Lipinski definition) is 1. The summed E-state index contributed by atoms with van der Waals surface area (Å²) in [6.45, 7) is 2.49. The predicted molar refractivity (Wildman–Crippen MR) is 114 cm³/mol. The van der Waals surface area contributed by atoms with Crippen LogP contribution >= 0.6 is 15.9 Å². The van der Waals surface area contributed by atoms with Crippen LogP contribution in [0.15, 0.2) is 33.6 Å². The summed E-state index contributed by atoms with van der Waals surface area (Å²) in [5, 5.41) is 2.83. The van der Waals surface area contributed by atoms with Gasteiger partial charge in [-0.1, -0.05) is 15.9 Å². The Kier molecular flexibility index (Phi) is 7.70. The molecule has 7 nitrogen and oxygen atoms in total. The van der Waals surface area contributed by atoms with Gasteiger partial charge in [0.1, 0.15) is 0 Å². The highest BCUT2D eigenvalue weighted by Gasteiger charge is 2.33. The van der Waals surface area contributed by atoms with Crippen molar-refractivity contribution in [2.75, 3.05) is 32.7 Å². The molecule has 0 aliphatic carbocycles. The summed E-state index contributed by atoms with van der Waals surface area (Å²) in [5.74, 6) is -0.487. The van der Waals surface area contributed by atoms with Crippen molar-refractivity contribution in [3.8, 4) is 0 Å². The van der Waals surface area contributed by atoms with Gasteiger partial charge in [-0.2, -0.15) is 4.31 Å². The third-order valence-corrected chi connectivity index (χ3v) is 7.96. The first-order valence-corrected chi connectivity index (χ1v) is 12.4. The summed E-state index contributed by atoms with van der Waals surface area (Å²) in [6.07, 6.45) is 4.84. The van der Waals surface area contributed by atoms with Crippen molar-refractivity contribution >= 4 is 37.8 Å². The van der Waals surface area contributed by atoms with Gasteiger partial charge < -0.3 is 10.2 Å². The molecule has 0 aromatic heterocycles. The number of piperidine rings is 2. The normalized spacial score (nSPS) is 21.0. The van der Waals surface area contributed by atoms with E-state index in [1.54, 1.807) is 24.3 Å². The standard InChI is InChI=1S/C20H28BrN3O4S/c21-17-6-8-18(9-7-17)29(27,28)24-14-4-5-16(15-24)20(26)22-11-10-19(25)23-12-2-1-3-13-23/h6-9,16H,1-5,10-15H2,(H,22,26). The fourth-order valence-corrected chi connectivity index (χ4v) is 5.66. The minimum Gasteiger partial charge on any atom is -0.355 e. The monoisotopic (exact) mass is 485 g/mol. The van der Waals surface area contributed by atoms with Gasteiger partial charge in [0.15, 0.2) is 0 Å². The van der Waals surface area contributed by atoms with E-state index in [-0.39, 0.29) is 29.2 Å². The van der Waals surface area contributed by atoms with Crippen LogP contribution < -0.4 is 5.32 Å². The number of benzene rings is 1. The Bertz CT molecular complexity index is 823. The molecule has 9 heteroatoms. The third kappa shape index (κ3) is 5.79. The SMILES string of the molecule is O=C(NCCC(=O)N1CCCCC1)C1CCCN(S(=O)(=O)c2ccc(Br)cc2)C1. The predicted octanol–water partition coefficient (Wildman–Crippen LogP) is 2.37. The minimum absolute atomic E-state index is 0.0769. The first-order valence-electron chi connectivity index (χ1n) is 10.2. The van der Waals surface area contributed by atoms with Gasteiger partial charge in [0, 0.05) is 43.6 Å². The molecule has 1 atom stereocenters. The van der Waals surface area contributed by atoms with Crippen LogP contribution in [0.25, 0.3) is 0 Å². The van der Waals surface area contributed by atoms with Gasteiger partial charge in [-0.15, -0.1) is 0 Å². The number of sulfonamides is 1. The zero-order valence-corrected chi connectivity index (χ0v) is 18.9. The van der Waals surface area contributed by atoms with Crippen molar-refractivity contribution < 1.29 is 18.0 Å². The van der Waals surface area contributed by atoms with Gasteiger partial charge in [-0.3, -0.25) is 9.59 Å². The molecule has 1 aromatic carbocycles. The van der Waals surface area contributed by atoms with E-state index in [1.165, 1.54) is 10.7 Å². The van der Waals surface area contributed by atoms with E-state index >= 15 is 0 Å². The molecule has 160 valence electrons. The maximum Gasteiger partial charge on any atom is 0.243 e. The number of likely N-dealkylation sites (tertiary alicyclic amines) is 1. The lowest BCUT2D eigenvalue weighted by atomic mass is 9.99. The van der Waals surface area contributed by atoms with Gasteiger partial charge in [0.25, 0.3) is 0 Å². The molecule has 1 aromatic rings. The molecular formula is C20H28BrN3O4S. The number of amides is 2. The lowest BCUT2D eigenvalue weighted by Crippen LogP contribution is -2.46. The van der Waals surface area contributed by atoms with Crippen LogP contribution in [0.4, 0.5) is 0 Å². The fraction of sp³-hybridized carbons (Fsp3) is 0.600. The molecule has 29 heavy (non-hydrogen) atoms. The molecule has 1 unspecified atom stereocenters. The Balaban J connectivity index is 1.51. The molecule has 2 heterocycles. The van der Waals surface area contributed by atoms with Gasteiger partial charge in [0.2, 0.25) is 21.8 Å². The van der Waals surface area contributed by atoms with Crippen LogP contribution in [-0.2, 0) is 19.6 Å². The van der Waals surface area contributed by atoms with Gasteiger partial charge in [0.05, 0.1) is 10.8 Å². The average molecular weight is 486 g/mol. The summed E-state index contributed by atoms with van der Waals surface area (Å²) in [7, 11) is -3.62. The van der Waals surface area contributed by atoms with Crippen LogP contribution in [0.1, 0.15) is 38.5 Å². The molecule has 0 radical (unpaired) electrons. The van der Waals surface area contributed by atoms with Crippen LogP contribution in [0.2, 0.25) is 0 Å². The summed E-state index contributed by atoms with van der Waals surface area (Å²) in [4.78, 5) is 26.8. The summed E-state index contributed by atoms with van der Waals surface area (Å²) in [6, 6.07) is 6.52. The maximum absolute atomic E-state index is 12.9. The van der Waals surface area contributed by atoms with E-state index in [9.17, 15) is 18.0 Å².